The third-order valence-corrected chi connectivity index (χ3v) is 6.82. The van der Waals surface area contributed by atoms with Crippen molar-refractivity contribution in [2.45, 2.75) is 19.9 Å². The van der Waals surface area contributed by atoms with Crippen LogP contribution in [-0.2, 0) is 17.7 Å². The number of hydrogen-bond donors (Lipinski definition) is 1. The topological polar surface area (TPSA) is 70.1 Å². The minimum Gasteiger partial charge on any atom is -0.465 e. The molecule has 0 saturated heterocycles. The fourth-order valence-corrected chi connectivity index (χ4v) is 4.78. The van der Waals surface area contributed by atoms with Gasteiger partial charge in [0.1, 0.15) is 5.82 Å². The first-order chi connectivity index (χ1) is 18.4. The van der Waals surface area contributed by atoms with Crippen molar-refractivity contribution < 1.29 is 9.53 Å². The minimum atomic E-state index is -0.345. The molecule has 0 bridgehead atoms. The Kier molecular flexibility index (Phi) is 7.29. The number of rotatable bonds is 7. The van der Waals surface area contributed by atoms with E-state index in [-0.39, 0.29) is 5.97 Å². The monoisotopic (exact) mass is 521 g/mol. The summed E-state index contributed by atoms with van der Waals surface area (Å²) >= 11 is 6.20. The van der Waals surface area contributed by atoms with Gasteiger partial charge in [-0.05, 0) is 71.1 Å². The smallest absolute Gasteiger partial charge is 0.337 e. The Labute approximate surface area is 227 Å². The summed E-state index contributed by atoms with van der Waals surface area (Å²) in [6.07, 6.45) is 2.75. The zero-order chi connectivity index (χ0) is 26.6. The van der Waals surface area contributed by atoms with Gasteiger partial charge in [-0.1, -0.05) is 66.2 Å². The van der Waals surface area contributed by atoms with E-state index < -0.39 is 0 Å². The number of methoxy groups -OCH3 is 1. The number of nitrogen functional groups attached to an aromatic ring is 1. The molecule has 4 aromatic carbocycles. The molecule has 38 heavy (non-hydrogen) atoms. The Balaban J connectivity index is 1.46. The molecule has 0 radical (unpaired) electrons. The van der Waals surface area contributed by atoms with Gasteiger partial charge in [-0.15, -0.1) is 0 Å². The van der Waals surface area contributed by atoms with E-state index in [0.717, 1.165) is 50.6 Å². The van der Waals surface area contributed by atoms with Crippen molar-refractivity contribution in [1.82, 2.24) is 9.55 Å². The maximum absolute atomic E-state index is 11.8. The van der Waals surface area contributed by atoms with Crippen LogP contribution in [0.4, 0.5) is 5.69 Å². The number of aryl methyl sites for hydroxylation is 1. The number of esters is 1. The van der Waals surface area contributed by atoms with Crippen LogP contribution in [0.2, 0.25) is 5.02 Å². The molecular formula is C32H28ClN3O2. The van der Waals surface area contributed by atoms with Crippen LogP contribution in [0.3, 0.4) is 0 Å². The van der Waals surface area contributed by atoms with Crippen molar-refractivity contribution in [1.29, 1.82) is 0 Å². The number of aromatic nitrogens is 2. The molecule has 0 spiro atoms. The number of benzene rings is 4. The molecule has 0 unspecified atom stereocenters. The minimum absolute atomic E-state index is 0.345. The van der Waals surface area contributed by atoms with Crippen molar-refractivity contribution in [2.24, 2.45) is 0 Å². The van der Waals surface area contributed by atoms with Crippen molar-refractivity contribution in [3.63, 3.8) is 0 Å². The van der Waals surface area contributed by atoms with Gasteiger partial charge in [-0.2, -0.15) is 0 Å². The molecule has 1 aromatic heterocycles. The molecule has 1 heterocycles. The molecule has 0 aliphatic heterocycles. The Morgan fingerprint density at radius 3 is 2.34 bits per heavy atom. The van der Waals surface area contributed by atoms with Crippen LogP contribution in [-0.4, -0.2) is 22.6 Å². The Hall–Kier alpha value is -4.35. The maximum Gasteiger partial charge on any atom is 0.337 e. The molecule has 0 saturated carbocycles. The number of carbonyl (C=O) groups excluding carboxylic acids is 1. The fourth-order valence-electron chi connectivity index (χ4n) is 4.55. The first kappa shape index (κ1) is 25.3. The van der Waals surface area contributed by atoms with Gasteiger partial charge < -0.3 is 15.0 Å². The lowest BCUT2D eigenvalue weighted by molar-refractivity contribution is 0.0600. The molecule has 2 N–H and O–H groups in total. The lowest BCUT2D eigenvalue weighted by Gasteiger charge is -2.10. The normalized spacial score (nSPS) is 10.9. The molecule has 190 valence electrons. The molecule has 5 rings (SSSR count). The number of imidazole rings is 1. The largest absolute Gasteiger partial charge is 0.465 e. The number of carbonyl (C=O) groups is 1. The highest BCUT2D eigenvalue weighted by Gasteiger charge is 2.14. The van der Waals surface area contributed by atoms with Crippen LogP contribution in [0.1, 0.15) is 32.9 Å². The quantitative estimate of drug-likeness (QED) is 0.182. The van der Waals surface area contributed by atoms with Gasteiger partial charge in [0, 0.05) is 35.4 Å². The van der Waals surface area contributed by atoms with Crippen LogP contribution in [0.25, 0.3) is 22.4 Å². The summed E-state index contributed by atoms with van der Waals surface area (Å²) in [6, 6.07) is 29.7. The van der Waals surface area contributed by atoms with E-state index in [4.69, 9.17) is 27.1 Å². The first-order valence-electron chi connectivity index (χ1n) is 12.3. The predicted molar refractivity (Wildman–Crippen MR) is 153 cm³/mol. The standard InChI is InChI=1S/C32H28ClN3O2/c1-21-16-27(33)14-15-29(21)30-20-36(19-23-8-12-25(13-9-23)32(37)38-2)31(35-30)17-22-6-10-24(11-7-22)26-4-3-5-28(34)18-26/h3-16,18,20H,17,19,34H2,1-2H3. The number of hydrogen-bond acceptors (Lipinski definition) is 4. The van der Waals surface area contributed by atoms with Gasteiger partial charge in [0.05, 0.1) is 18.4 Å². The summed E-state index contributed by atoms with van der Waals surface area (Å²) < 4.78 is 6.99. The van der Waals surface area contributed by atoms with Gasteiger partial charge in [0.2, 0.25) is 0 Å². The summed E-state index contributed by atoms with van der Waals surface area (Å²) in [6.45, 7) is 2.66. The highest BCUT2D eigenvalue weighted by atomic mass is 35.5. The Morgan fingerprint density at radius 2 is 1.66 bits per heavy atom. The van der Waals surface area contributed by atoms with Crippen molar-refractivity contribution >= 4 is 23.3 Å². The molecule has 5 nitrogen and oxygen atoms in total. The van der Waals surface area contributed by atoms with Crippen LogP contribution in [0.15, 0.2) is 97.2 Å². The number of nitrogens with zero attached hydrogens (tertiary/aromatic N) is 2. The molecule has 0 aliphatic rings. The summed E-state index contributed by atoms with van der Waals surface area (Å²) in [4.78, 5) is 16.9. The number of halogens is 1. The molecule has 0 fully saturated rings. The molecule has 0 atom stereocenters. The number of ether oxygens (including phenoxy) is 1. The second kappa shape index (κ2) is 11.0. The zero-order valence-corrected chi connectivity index (χ0v) is 22.1. The summed E-state index contributed by atoms with van der Waals surface area (Å²) in [7, 11) is 1.39. The highest BCUT2D eigenvalue weighted by Crippen LogP contribution is 2.28. The third-order valence-electron chi connectivity index (χ3n) is 6.59. The lowest BCUT2D eigenvalue weighted by Crippen LogP contribution is -2.06. The molecule has 0 aliphatic carbocycles. The van der Waals surface area contributed by atoms with E-state index in [9.17, 15) is 4.79 Å². The second-order valence-corrected chi connectivity index (χ2v) is 9.75. The van der Waals surface area contributed by atoms with Gasteiger partial charge in [0.15, 0.2) is 0 Å². The van der Waals surface area contributed by atoms with Crippen LogP contribution < -0.4 is 5.73 Å². The molecule has 6 heteroatoms. The highest BCUT2D eigenvalue weighted by molar-refractivity contribution is 6.30. The third kappa shape index (κ3) is 5.63. The zero-order valence-electron chi connectivity index (χ0n) is 21.3. The second-order valence-electron chi connectivity index (χ2n) is 9.32. The van der Waals surface area contributed by atoms with Crippen LogP contribution in [0, 0.1) is 6.92 Å². The molecule has 0 amide bonds. The summed E-state index contributed by atoms with van der Waals surface area (Å²) in [5, 5.41) is 0.705. The van der Waals surface area contributed by atoms with Crippen molar-refractivity contribution in [2.75, 3.05) is 12.8 Å². The van der Waals surface area contributed by atoms with Gasteiger partial charge in [-0.3, -0.25) is 0 Å². The van der Waals surface area contributed by atoms with E-state index in [1.165, 1.54) is 7.11 Å². The fraction of sp³-hybridized carbons (Fsp3) is 0.125. The van der Waals surface area contributed by atoms with Gasteiger partial charge in [0.25, 0.3) is 0 Å². The molecule has 5 aromatic rings. The summed E-state index contributed by atoms with van der Waals surface area (Å²) in [5.74, 6) is 0.602. The Morgan fingerprint density at radius 1 is 0.921 bits per heavy atom. The first-order valence-corrected chi connectivity index (χ1v) is 12.7. The Bertz CT molecular complexity index is 1590. The average molecular weight is 522 g/mol. The van der Waals surface area contributed by atoms with Crippen LogP contribution in [0.5, 0.6) is 0 Å². The van der Waals surface area contributed by atoms with Gasteiger partial charge in [-0.25, -0.2) is 9.78 Å². The van der Waals surface area contributed by atoms with E-state index in [1.807, 2.05) is 55.5 Å². The maximum atomic E-state index is 11.8. The number of anilines is 1. The van der Waals surface area contributed by atoms with E-state index >= 15 is 0 Å². The SMILES string of the molecule is COC(=O)c1ccc(Cn2cc(-c3ccc(Cl)cc3C)nc2Cc2ccc(-c3cccc(N)c3)cc2)cc1. The van der Waals surface area contributed by atoms with Crippen molar-refractivity contribution in [3.8, 4) is 22.4 Å². The average Bonchev–Trinajstić information content (AvgIpc) is 3.30. The van der Waals surface area contributed by atoms with E-state index in [1.54, 1.807) is 12.1 Å². The number of nitrogens with two attached hydrogens (primary N) is 1. The lowest BCUT2D eigenvalue weighted by atomic mass is 10.0. The van der Waals surface area contributed by atoms with Crippen LogP contribution >= 0.6 is 11.6 Å². The van der Waals surface area contributed by atoms with E-state index in [2.05, 4.69) is 41.1 Å². The predicted octanol–water partition coefficient (Wildman–Crippen LogP) is 7.19. The van der Waals surface area contributed by atoms with Crippen molar-refractivity contribution in [3.05, 3.63) is 130 Å². The summed E-state index contributed by atoms with van der Waals surface area (Å²) in [5.41, 5.74) is 14.7. The van der Waals surface area contributed by atoms with E-state index in [0.29, 0.717) is 23.6 Å². The van der Waals surface area contributed by atoms with Gasteiger partial charge >= 0.3 is 5.97 Å². The molecular weight excluding hydrogens is 494 g/mol.